The van der Waals surface area contributed by atoms with E-state index in [-0.39, 0.29) is 28.5 Å². The molecule has 248 valence electrons. The number of ether oxygens (including phenoxy) is 2. The SMILES string of the molecule is CCOc1ccc(-c2ccc(C(Oc3cc(N4CCC5(CC4)CNC(C(=O)O)C5)nc(N)n3)C(F)(F)F)c(-n3ccc(C)n3)c2)cn1. The maximum Gasteiger partial charge on any atom is 0.429 e. The second-order valence-corrected chi connectivity index (χ2v) is 11.9. The summed E-state index contributed by atoms with van der Waals surface area (Å²) in [6.07, 6.45) is -2.17. The number of benzene rings is 1. The number of rotatable bonds is 9. The third-order valence-corrected chi connectivity index (χ3v) is 8.69. The molecule has 0 aliphatic carbocycles. The number of carboxylic acids is 1. The monoisotopic (exact) mass is 652 g/mol. The molecule has 2 unspecified atom stereocenters. The highest BCUT2D eigenvalue weighted by molar-refractivity contribution is 5.74. The molecular formula is C32H35F3N8O4. The van der Waals surface area contributed by atoms with Crippen molar-refractivity contribution in [2.24, 2.45) is 5.41 Å². The van der Waals surface area contributed by atoms with Gasteiger partial charge in [0.1, 0.15) is 11.9 Å². The molecule has 6 rings (SSSR count). The number of aliphatic carboxylic acids is 1. The zero-order valence-electron chi connectivity index (χ0n) is 25.9. The van der Waals surface area contributed by atoms with Crippen LogP contribution in [0.1, 0.15) is 43.5 Å². The molecule has 1 aromatic carbocycles. The van der Waals surface area contributed by atoms with Crippen LogP contribution in [0.25, 0.3) is 16.8 Å². The predicted molar refractivity (Wildman–Crippen MR) is 166 cm³/mol. The largest absolute Gasteiger partial charge is 0.480 e. The van der Waals surface area contributed by atoms with E-state index in [2.05, 4.69) is 25.4 Å². The van der Waals surface area contributed by atoms with Gasteiger partial charge >= 0.3 is 12.1 Å². The molecule has 0 saturated carbocycles. The summed E-state index contributed by atoms with van der Waals surface area (Å²) < 4.78 is 56.9. The lowest BCUT2D eigenvalue weighted by atomic mass is 9.76. The van der Waals surface area contributed by atoms with E-state index >= 15 is 0 Å². The molecule has 47 heavy (non-hydrogen) atoms. The molecule has 0 bridgehead atoms. The lowest BCUT2D eigenvalue weighted by Gasteiger charge is -2.39. The summed E-state index contributed by atoms with van der Waals surface area (Å²) in [6, 6.07) is 10.5. The smallest absolute Gasteiger partial charge is 0.429 e. The Morgan fingerprint density at radius 3 is 2.51 bits per heavy atom. The van der Waals surface area contributed by atoms with Crippen LogP contribution in [-0.4, -0.2) is 74.3 Å². The Morgan fingerprint density at radius 1 is 1.13 bits per heavy atom. The molecule has 2 saturated heterocycles. The minimum Gasteiger partial charge on any atom is -0.480 e. The molecule has 2 aliphatic rings. The van der Waals surface area contributed by atoms with Gasteiger partial charge in [-0.05, 0) is 62.3 Å². The lowest BCUT2D eigenvalue weighted by Crippen LogP contribution is -2.41. The van der Waals surface area contributed by atoms with Gasteiger partial charge in [0, 0.05) is 55.3 Å². The number of hydrogen-bond acceptors (Lipinski definition) is 10. The van der Waals surface area contributed by atoms with Crippen molar-refractivity contribution in [1.29, 1.82) is 0 Å². The third-order valence-electron chi connectivity index (χ3n) is 8.69. The number of nitrogen functional groups attached to an aromatic ring is 1. The Balaban J connectivity index is 1.29. The van der Waals surface area contributed by atoms with Crippen LogP contribution in [0.4, 0.5) is 24.9 Å². The van der Waals surface area contributed by atoms with Crippen molar-refractivity contribution in [3.8, 4) is 28.6 Å². The van der Waals surface area contributed by atoms with E-state index in [4.69, 9.17) is 15.2 Å². The summed E-state index contributed by atoms with van der Waals surface area (Å²) >= 11 is 0. The Morgan fingerprint density at radius 2 is 1.89 bits per heavy atom. The van der Waals surface area contributed by atoms with Crippen LogP contribution in [0.3, 0.4) is 0 Å². The van der Waals surface area contributed by atoms with Gasteiger partial charge in [0.2, 0.25) is 23.8 Å². The number of nitrogens with two attached hydrogens (primary N) is 1. The number of piperidine rings is 1. The topological polar surface area (TPSA) is 154 Å². The molecule has 4 N–H and O–H groups in total. The van der Waals surface area contributed by atoms with Crippen molar-refractivity contribution in [3.05, 3.63) is 66.1 Å². The number of carbonyl (C=O) groups is 1. The third kappa shape index (κ3) is 6.94. The highest BCUT2D eigenvalue weighted by atomic mass is 19.4. The number of carboxylic acid groups (broad SMARTS) is 1. The van der Waals surface area contributed by atoms with Crippen LogP contribution in [0.15, 0.2) is 54.9 Å². The summed E-state index contributed by atoms with van der Waals surface area (Å²) in [7, 11) is 0. The van der Waals surface area contributed by atoms with E-state index in [1.165, 1.54) is 16.8 Å². The van der Waals surface area contributed by atoms with Gasteiger partial charge in [0.05, 0.1) is 18.0 Å². The van der Waals surface area contributed by atoms with Crippen LogP contribution in [0, 0.1) is 12.3 Å². The predicted octanol–water partition coefficient (Wildman–Crippen LogP) is 4.73. The summed E-state index contributed by atoms with van der Waals surface area (Å²) in [4.78, 5) is 25.9. The average molecular weight is 653 g/mol. The van der Waals surface area contributed by atoms with Gasteiger partial charge in [-0.25, -0.2) is 9.67 Å². The molecule has 2 atom stereocenters. The Bertz CT molecular complexity index is 1740. The maximum atomic E-state index is 14.8. The van der Waals surface area contributed by atoms with E-state index in [1.54, 1.807) is 49.6 Å². The highest BCUT2D eigenvalue weighted by Gasteiger charge is 2.46. The Hall–Kier alpha value is -4.92. The lowest BCUT2D eigenvalue weighted by molar-refractivity contribution is -0.198. The van der Waals surface area contributed by atoms with Gasteiger partial charge in [-0.3, -0.25) is 4.79 Å². The number of nitrogens with one attached hydrogen (secondary N) is 1. The van der Waals surface area contributed by atoms with E-state index in [0.29, 0.717) is 74.0 Å². The number of pyridine rings is 1. The molecule has 1 spiro atoms. The summed E-state index contributed by atoms with van der Waals surface area (Å²) in [5.41, 5.74) is 7.73. The first kappa shape index (κ1) is 32.0. The van der Waals surface area contributed by atoms with Gasteiger partial charge < -0.3 is 30.5 Å². The number of nitrogens with zero attached hydrogens (tertiary/aromatic N) is 6. The fraction of sp³-hybridized carbons (Fsp3) is 0.406. The normalized spacial score (nSPS) is 18.3. The van der Waals surface area contributed by atoms with E-state index < -0.39 is 24.3 Å². The van der Waals surface area contributed by atoms with Crippen molar-refractivity contribution >= 4 is 17.7 Å². The standard InChI is InChI=1S/C32H35F3N8O4/c1-3-46-26-7-5-21(17-37-26)20-4-6-22(24(14-20)43-11-8-19(2)41-43)28(32(33,34)35)47-27-15-25(39-30(36)40-27)42-12-9-31(10-13-42)16-23(29(44)45)38-18-31/h4-8,11,14-15,17,23,28,38H,3,9-10,12-13,16,18H2,1-2H3,(H,44,45)(H2,36,39,40). The summed E-state index contributed by atoms with van der Waals surface area (Å²) in [5, 5.41) is 16.9. The van der Waals surface area contributed by atoms with Gasteiger partial charge in [-0.2, -0.15) is 28.2 Å². The summed E-state index contributed by atoms with van der Waals surface area (Å²) in [5.74, 6) is -0.650. The van der Waals surface area contributed by atoms with Gasteiger partial charge in [-0.15, -0.1) is 0 Å². The number of hydrogen-bond donors (Lipinski definition) is 3. The zero-order valence-corrected chi connectivity index (χ0v) is 25.9. The van der Waals surface area contributed by atoms with Gasteiger partial charge in [-0.1, -0.05) is 12.1 Å². The molecule has 12 nitrogen and oxygen atoms in total. The molecule has 2 aliphatic heterocycles. The van der Waals surface area contributed by atoms with Gasteiger partial charge in [0.15, 0.2) is 0 Å². The van der Waals surface area contributed by atoms with Crippen molar-refractivity contribution in [3.63, 3.8) is 0 Å². The zero-order chi connectivity index (χ0) is 33.3. The molecule has 3 aromatic heterocycles. The van der Waals surface area contributed by atoms with Crippen LogP contribution in [-0.2, 0) is 4.79 Å². The van der Waals surface area contributed by atoms with Crippen LogP contribution in [0.5, 0.6) is 11.8 Å². The minimum absolute atomic E-state index is 0.159. The van der Waals surface area contributed by atoms with Crippen LogP contribution < -0.4 is 25.4 Å². The average Bonchev–Trinajstić information content (AvgIpc) is 3.66. The molecule has 4 aromatic rings. The molecule has 0 amide bonds. The number of aryl methyl sites for hydroxylation is 1. The second kappa shape index (κ2) is 12.7. The van der Waals surface area contributed by atoms with Crippen molar-refractivity contribution in [1.82, 2.24) is 30.0 Å². The first-order valence-corrected chi connectivity index (χ1v) is 15.3. The molecule has 15 heteroatoms. The summed E-state index contributed by atoms with van der Waals surface area (Å²) in [6.45, 7) is 5.69. The molecular weight excluding hydrogens is 617 g/mol. The number of halogens is 3. The quantitative estimate of drug-likeness (QED) is 0.230. The van der Waals surface area contributed by atoms with Crippen LogP contribution in [0.2, 0.25) is 0 Å². The van der Waals surface area contributed by atoms with Crippen LogP contribution >= 0.6 is 0 Å². The fourth-order valence-corrected chi connectivity index (χ4v) is 6.24. The molecule has 5 heterocycles. The molecule has 2 fully saturated rings. The number of alkyl halides is 3. The maximum absolute atomic E-state index is 14.8. The Labute approximate surface area is 268 Å². The number of aromatic nitrogens is 5. The van der Waals surface area contributed by atoms with Crippen molar-refractivity contribution in [2.75, 3.05) is 36.9 Å². The number of anilines is 2. The fourth-order valence-electron chi connectivity index (χ4n) is 6.24. The minimum atomic E-state index is -4.84. The Kier molecular flexibility index (Phi) is 8.66. The van der Waals surface area contributed by atoms with Gasteiger partial charge in [0.25, 0.3) is 0 Å². The van der Waals surface area contributed by atoms with Crippen molar-refractivity contribution < 1.29 is 32.5 Å². The second-order valence-electron chi connectivity index (χ2n) is 11.9. The first-order chi connectivity index (χ1) is 22.4. The first-order valence-electron chi connectivity index (χ1n) is 15.3. The van der Waals surface area contributed by atoms with Crippen molar-refractivity contribution in [2.45, 2.75) is 51.4 Å². The van der Waals surface area contributed by atoms with E-state index in [0.717, 1.165) is 0 Å². The van der Waals surface area contributed by atoms with E-state index in [9.17, 15) is 23.1 Å². The molecule has 0 radical (unpaired) electrons. The highest BCUT2D eigenvalue weighted by Crippen LogP contribution is 2.42. The van der Waals surface area contributed by atoms with E-state index in [1.807, 2.05) is 11.8 Å².